The first-order valence-electron chi connectivity index (χ1n) is 5.59. The van der Waals surface area contributed by atoms with E-state index in [1.54, 1.807) is 6.20 Å². The second-order valence-electron chi connectivity index (χ2n) is 4.06. The van der Waals surface area contributed by atoms with E-state index >= 15 is 0 Å². The zero-order valence-corrected chi connectivity index (χ0v) is 11.2. The van der Waals surface area contributed by atoms with Gasteiger partial charge in [0.25, 0.3) is 0 Å². The Bertz CT molecular complexity index is 603. The van der Waals surface area contributed by atoms with E-state index in [1.165, 1.54) is 0 Å². The van der Waals surface area contributed by atoms with Crippen molar-refractivity contribution < 1.29 is 14.7 Å². The molecule has 1 heterocycles. The summed E-state index contributed by atoms with van der Waals surface area (Å²) >= 11 is 3.37. The SMILES string of the molecule is O=C(O)CCCC(=O)c1c[nH]c2cc(Br)ccc12. The van der Waals surface area contributed by atoms with Gasteiger partial charge in [-0.25, -0.2) is 0 Å². The number of hydrogen-bond donors (Lipinski definition) is 2. The predicted molar refractivity (Wildman–Crippen MR) is 71.8 cm³/mol. The predicted octanol–water partition coefficient (Wildman–Crippen LogP) is 3.37. The molecular formula is C13H12BrNO3. The number of aromatic nitrogens is 1. The largest absolute Gasteiger partial charge is 0.481 e. The van der Waals surface area contributed by atoms with E-state index in [1.807, 2.05) is 18.2 Å². The van der Waals surface area contributed by atoms with Crippen LogP contribution in [0.15, 0.2) is 28.9 Å². The van der Waals surface area contributed by atoms with Crippen LogP contribution < -0.4 is 0 Å². The number of ketones is 1. The minimum Gasteiger partial charge on any atom is -0.481 e. The van der Waals surface area contributed by atoms with Crippen LogP contribution in [0, 0.1) is 0 Å². The van der Waals surface area contributed by atoms with E-state index in [0.29, 0.717) is 12.0 Å². The number of H-pyrrole nitrogens is 1. The molecule has 0 radical (unpaired) electrons. The molecule has 94 valence electrons. The van der Waals surface area contributed by atoms with E-state index in [2.05, 4.69) is 20.9 Å². The first-order chi connectivity index (χ1) is 8.58. The van der Waals surface area contributed by atoms with Gasteiger partial charge in [-0.05, 0) is 18.6 Å². The monoisotopic (exact) mass is 309 g/mol. The van der Waals surface area contributed by atoms with Crippen molar-refractivity contribution in [1.29, 1.82) is 0 Å². The van der Waals surface area contributed by atoms with Crippen LogP contribution in [0.5, 0.6) is 0 Å². The summed E-state index contributed by atoms with van der Waals surface area (Å²) in [5.74, 6) is -0.893. The number of aromatic amines is 1. The third-order valence-electron chi connectivity index (χ3n) is 2.74. The van der Waals surface area contributed by atoms with Gasteiger partial charge in [-0.2, -0.15) is 0 Å². The number of carbonyl (C=O) groups is 2. The Morgan fingerprint density at radius 1 is 1.28 bits per heavy atom. The van der Waals surface area contributed by atoms with Gasteiger partial charge in [-0.15, -0.1) is 0 Å². The van der Waals surface area contributed by atoms with E-state index in [-0.39, 0.29) is 18.6 Å². The Morgan fingerprint density at radius 2 is 2.06 bits per heavy atom. The normalized spacial score (nSPS) is 10.7. The van der Waals surface area contributed by atoms with Crippen molar-refractivity contribution in [2.75, 3.05) is 0 Å². The van der Waals surface area contributed by atoms with Crippen LogP contribution in [0.3, 0.4) is 0 Å². The van der Waals surface area contributed by atoms with Crippen molar-refractivity contribution in [3.8, 4) is 0 Å². The van der Waals surface area contributed by atoms with Crippen molar-refractivity contribution in [3.05, 3.63) is 34.4 Å². The fourth-order valence-corrected chi connectivity index (χ4v) is 2.23. The van der Waals surface area contributed by atoms with Gasteiger partial charge in [0.05, 0.1) is 0 Å². The molecule has 0 aliphatic carbocycles. The molecule has 0 atom stereocenters. The van der Waals surface area contributed by atoms with Gasteiger partial charge < -0.3 is 10.1 Å². The minimum atomic E-state index is -0.870. The Morgan fingerprint density at radius 3 is 2.78 bits per heavy atom. The molecule has 1 aromatic heterocycles. The molecule has 5 heteroatoms. The van der Waals surface area contributed by atoms with Gasteiger partial charge in [0.1, 0.15) is 0 Å². The highest BCUT2D eigenvalue weighted by Gasteiger charge is 2.12. The maximum absolute atomic E-state index is 12.0. The van der Waals surface area contributed by atoms with Crippen molar-refractivity contribution in [3.63, 3.8) is 0 Å². The van der Waals surface area contributed by atoms with Crippen LogP contribution in [0.2, 0.25) is 0 Å². The van der Waals surface area contributed by atoms with Crippen molar-refractivity contribution in [2.45, 2.75) is 19.3 Å². The molecule has 0 fully saturated rings. The Balaban J connectivity index is 2.15. The van der Waals surface area contributed by atoms with Gasteiger partial charge in [-0.3, -0.25) is 9.59 Å². The first kappa shape index (κ1) is 12.8. The summed E-state index contributed by atoms with van der Waals surface area (Å²) < 4.78 is 0.946. The van der Waals surface area contributed by atoms with Crippen molar-refractivity contribution in [2.24, 2.45) is 0 Å². The highest BCUT2D eigenvalue weighted by molar-refractivity contribution is 9.10. The minimum absolute atomic E-state index is 0.0233. The number of benzene rings is 1. The summed E-state index contributed by atoms with van der Waals surface area (Å²) in [7, 11) is 0. The standard InChI is InChI=1S/C13H12BrNO3/c14-8-4-5-9-10(7-15-11(9)6-8)12(16)2-1-3-13(17)18/h4-7,15H,1-3H2,(H,17,18). The number of fused-ring (bicyclic) bond motifs is 1. The molecule has 0 bridgehead atoms. The number of carbonyl (C=O) groups excluding carboxylic acids is 1. The first-order valence-corrected chi connectivity index (χ1v) is 6.39. The average molecular weight is 310 g/mol. The van der Waals surface area contributed by atoms with E-state index in [9.17, 15) is 9.59 Å². The molecule has 0 saturated carbocycles. The van der Waals surface area contributed by atoms with Crippen molar-refractivity contribution >= 4 is 38.6 Å². The number of hydrogen-bond acceptors (Lipinski definition) is 2. The Kier molecular flexibility index (Phi) is 3.81. The average Bonchev–Trinajstić information content (AvgIpc) is 2.71. The molecule has 2 N–H and O–H groups in total. The van der Waals surface area contributed by atoms with Crippen LogP contribution in [-0.2, 0) is 4.79 Å². The van der Waals surface area contributed by atoms with Gasteiger partial charge >= 0.3 is 5.97 Å². The van der Waals surface area contributed by atoms with Crippen LogP contribution >= 0.6 is 15.9 Å². The number of nitrogens with one attached hydrogen (secondary N) is 1. The quantitative estimate of drug-likeness (QED) is 0.832. The smallest absolute Gasteiger partial charge is 0.303 e. The lowest BCUT2D eigenvalue weighted by Crippen LogP contribution is -2.01. The van der Waals surface area contributed by atoms with Crippen molar-refractivity contribution in [1.82, 2.24) is 4.98 Å². The molecule has 0 spiro atoms. The Labute approximate surface area is 112 Å². The third-order valence-corrected chi connectivity index (χ3v) is 3.23. The third kappa shape index (κ3) is 2.79. The molecule has 0 aliphatic heterocycles. The molecule has 0 amide bonds. The van der Waals surface area contributed by atoms with Gasteiger partial charge in [0.2, 0.25) is 0 Å². The molecule has 2 rings (SSSR count). The molecular weight excluding hydrogens is 298 g/mol. The molecule has 4 nitrogen and oxygen atoms in total. The summed E-state index contributed by atoms with van der Waals surface area (Å²) in [6.45, 7) is 0. The molecule has 0 aliphatic rings. The molecule has 0 unspecified atom stereocenters. The number of Topliss-reactive ketones (excluding diaryl/α,β-unsaturated/α-hetero) is 1. The topological polar surface area (TPSA) is 70.2 Å². The summed E-state index contributed by atoms with van der Waals surface area (Å²) in [6, 6.07) is 5.66. The van der Waals surface area contributed by atoms with Crippen LogP contribution in [0.4, 0.5) is 0 Å². The van der Waals surface area contributed by atoms with Gasteiger partial charge in [-0.1, -0.05) is 22.0 Å². The molecule has 1 aromatic carbocycles. The van der Waals surface area contributed by atoms with E-state index < -0.39 is 5.97 Å². The molecule has 18 heavy (non-hydrogen) atoms. The molecule has 2 aromatic rings. The van der Waals surface area contributed by atoms with Crippen LogP contribution in [0.1, 0.15) is 29.6 Å². The number of carboxylic acid groups (broad SMARTS) is 1. The fourth-order valence-electron chi connectivity index (χ4n) is 1.86. The lowest BCUT2D eigenvalue weighted by atomic mass is 10.0. The van der Waals surface area contributed by atoms with E-state index in [4.69, 9.17) is 5.11 Å². The maximum Gasteiger partial charge on any atom is 0.303 e. The Hall–Kier alpha value is -1.62. The highest BCUT2D eigenvalue weighted by atomic mass is 79.9. The lowest BCUT2D eigenvalue weighted by molar-refractivity contribution is -0.137. The summed E-state index contributed by atoms with van der Waals surface area (Å²) in [6.07, 6.45) is 2.34. The van der Waals surface area contributed by atoms with Crippen LogP contribution in [-0.4, -0.2) is 21.8 Å². The number of carboxylic acids is 1. The number of rotatable bonds is 5. The summed E-state index contributed by atoms with van der Waals surface area (Å²) in [5, 5.41) is 9.41. The summed E-state index contributed by atoms with van der Waals surface area (Å²) in [4.78, 5) is 25.4. The highest BCUT2D eigenvalue weighted by Crippen LogP contribution is 2.23. The second-order valence-corrected chi connectivity index (χ2v) is 4.98. The lowest BCUT2D eigenvalue weighted by Gasteiger charge is -1.98. The molecule has 0 saturated heterocycles. The zero-order valence-electron chi connectivity index (χ0n) is 9.57. The van der Waals surface area contributed by atoms with E-state index in [0.717, 1.165) is 15.4 Å². The number of halogens is 1. The number of aliphatic carboxylic acids is 1. The maximum atomic E-state index is 12.0. The van der Waals surface area contributed by atoms with Crippen LogP contribution in [0.25, 0.3) is 10.9 Å². The van der Waals surface area contributed by atoms with Gasteiger partial charge in [0, 0.05) is 40.0 Å². The fraction of sp³-hybridized carbons (Fsp3) is 0.231. The van der Waals surface area contributed by atoms with Gasteiger partial charge in [0.15, 0.2) is 5.78 Å². The zero-order chi connectivity index (χ0) is 13.1. The summed E-state index contributed by atoms with van der Waals surface area (Å²) in [5.41, 5.74) is 1.52. The second kappa shape index (κ2) is 5.35.